The molecule has 254 valence electrons. The number of ether oxygens (including phenoxy) is 1. The zero-order valence-electron chi connectivity index (χ0n) is 28.6. The first-order chi connectivity index (χ1) is 21.0. The van der Waals surface area contributed by atoms with Crippen molar-refractivity contribution in [2.75, 3.05) is 46.9 Å². The molecule has 9 nitrogen and oxygen atoms in total. The molecule has 0 saturated carbocycles. The lowest BCUT2D eigenvalue weighted by Crippen LogP contribution is -2.52. The van der Waals surface area contributed by atoms with E-state index in [1.165, 1.54) is 22.8 Å². The van der Waals surface area contributed by atoms with Crippen molar-refractivity contribution in [3.05, 3.63) is 70.9 Å². The normalized spacial score (nSPS) is 13.8. The van der Waals surface area contributed by atoms with Crippen LogP contribution in [0.15, 0.2) is 65.3 Å². The lowest BCUT2D eigenvalue weighted by molar-refractivity contribution is -0.890. The van der Waals surface area contributed by atoms with Crippen molar-refractivity contribution in [3.63, 3.8) is 0 Å². The van der Waals surface area contributed by atoms with E-state index >= 15 is 0 Å². The summed E-state index contributed by atoms with van der Waals surface area (Å²) in [6.07, 6.45) is 13.0. The van der Waals surface area contributed by atoms with Gasteiger partial charge in [0.2, 0.25) is 16.3 Å². The van der Waals surface area contributed by atoms with Crippen molar-refractivity contribution >= 4 is 22.4 Å². The Bertz CT molecular complexity index is 1270. The fraction of sp³-hybridized carbons (Fsp3) is 0.571. The summed E-state index contributed by atoms with van der Waals surface area (Å²) >= 11 is 0. The fourth-order valence-corrected chi connectivity index (χ4v) is 5.03. The number of nitrogens with zero attached hydrogens (tertiary/aromatic N) is 2. The van der Waals surface area contributed by atoms with Crippen LogP contribution in [-0.4, -0.2) is 86.5 Å². The zero-order valence-corrected chi connectivity index (χ0v) is 29.4. The van der Waals surface area contributed by atoms with Crippen LogP contribution in [0.3, 0.4) is 0 Å². The molecule has 0 saturated heterocycles. The Kier molecular flexibility index (Phi) is 18.2. The Hall–Kier alpha value is -2.76. The van der Waals surface area contributed by atoms with Gasteiger partial charge < -0.3 is 23.8 Å². The number of para-hydroxylation sites is 1. The summed E-state index contributed by atoms with van der Waals surface area (Å²) in [5.74, 6) is -0.124. The van der Waals surface area contributed by atoms with Gasteiger partial charge in [-0.15, -0.1) is 0 Å². The van der Waals surface area contributed by atoms with E-state index in [2.05, 4.69) is 64.0 Å². The quantitative estimate of drug-likeness (QED) is 0.0304. The molecule has 10 heteroatoms. The Labute approximate surface area is 272 Å². The van der Waals surface area contributed by atoms with Crippen molar-refractivity contribution < 1.29 is 36.3 Å². The first-order valence-electron chi connectivity index (χ1n) is 15.7. The summed E-state index contributed by atoms with van der Waals surface area (Å²) < 4.78 is 43.8. The van der Waals surface area contributed by atoms with Crippen molar-refractivity contribution in [3.8, 4) is 5.75 Å². The summed E-state index contributed by atoms with van der Waals surface area (Å²) in [5.41, 5.74) is 4.29. The SMILES string of the molecule is CC(C)=CCC/C(C)=C/COC(C(C)CCC=C(C)C)N(CC[N+](C)(C)CCCOS(=O)(=O)[O-])C(=O)/C=C/c1ccccc1O. The van der Waals surface area contributed by atoms with E-state index in [1.807, 2.05) is 14.1 Å². The lowest BCUT2D eigenvalue weighted by Gasteiger charge is -2.38. The summed E-state index contributed by atoms with van der Waals surface area (Å²) in [6, 6.07) is 6.85. The van der Waals surface area contributed by atoms with Gasteiger partial charge in [-0.2, -0.15) is 0 Å². The third-order valence-corrected chi connectivity index (χ3v) is 7.92. The molecule has 1 amide bonds. The van der Waals surface area contributed by atoms with Gasteiger partial charge >= 0.3 is 0 Å². The number of quaternary nitrogens is 1. The average Bonchev–Trinajstić information content (AvgIpc) is 2.93. The van der Waals surface area contributed by atoms with Crippen molar-refractivity contribution in [1.82, 2.24) is 4.90 Å². The molecule has 0 aliphatic carbocycles. The van der Waals surface area contributed by atoms with Gasteiger partial charge in [-0.25, -0.2) is 8.42 Å². The molecular weight excluding hydrogens is 592 g/mol. The largest absolute Gasteiger partial charge is 0.726 e. The first-order valence-corrected chi connectivity index (χ1v) is 17.1. The molecule has 1 aromatic carbocycles. The van der Waals surface area contributed by atoms with Crippen LogP contribution in [0.4, 0.5) is 0 Å². The minimum absolute atomic E-state index is 0.0220. The maximum atomic E-state index is 13.9. The van der Waals surface area contributed by atoms with Crippen LogP contribution >= 0.6 is 0 Å². The first kappa shape index (κ1) is 40.3. The predicted octanol–water partition coefficient (Wildman–Crippen LogP) is 6.60. The highest BCUT2D eigenvalue weighted by atomic mass is 32.3. The number of likely N-dealkylation sites (N-methyl/N-ethyl adjacent to an activating group) is 1. The highest BCUT2D eigenvalue weighted by Gasteiger charge is 2.30. The zero-order chi connectivity index (χ0) is 34.0. The van der Waals surface area contributed by atoms with Crippen molar-refractivity contribution in [2.24, 2.45) is 5.92 Å². The number of amides is 1. The van der Waals surface area contributed by atoms with Gasteiger partial charge in [0.05, 0.1) is 46.9 Å². The van der Waals surface area contributed by atoms with E-state index in [1.54, 1.807) is 35.2 Å². The Morgan fingerprint density at radius 3 is 2.29 bits per heavy atom. The molecule has 0 spiro atoms. The van der Waals surface area contributed by atoms with E-state index in [-0.39, 0.29) is 24.2 Å². The molecular formula is C35H56N2O7S. The summed E-state index contributed by atoms with van der Waals surface area (Å²) in [6.45, 7) is 14.2. The highest BCUT2D eigenvalue weighted by Crippen LogP contribution is 2.22. The van der Waals surface area contributed by atoms with Gasteiger partial charge in [-0.05, 0) is 72.4 Å². The maximum Gasteiger partial charge on any atom is 0.248 e. The van der Waals surface area contributed by atoms with E-state index < -0.39 is 16.6 Å². The number of allylic oxidation sites excluding steroid dienone is 5. The number of benzene rings is 1. The van der Waals surface area contributed by atoms with Gasteiger partial charge in [-0.3, -0.25) is 8.98 Å². The summed E-state index contributed by atoms with van der Waals surface area (Å²) in [5, 5.41) is 10.2. The second-order valence-corrected chi connectivity index (χ2v) is 13.9. The molecule has 2 unspecified atom stereocenters. The second-order valence-electron chi connectivity index (χ2n) is 12.8. The molecule has 2 atom stereocenters. The molecule has 1 rings (SSSR count). The fourth-order valence-electron chi connectivity index (χ4n) is 4.71. The van der Waals surface area contributed by atoms with Gasteiger partial charge in [0.15, 0.2) is 0 Å². The molecule has 1 N–H and O–H groups in total. The van der Waals surface area contributed by atoms with Crippen LogP contribution in [0.2, 0.25) is 0 Å². The van der Waals surface area contributed by atoms with E-state index in [0.717, 1.165) is 25.7 Å². The molecule has 0 radical (unpaired) electrons. The van der Waals surface area contributed by atoms with Crippen LogP contribution < -0.4 is 0 Å². The van der Waals surface area contributed by atoms with Crippen molar-refractivity contribution in [2.45, 2.75) is 79.9 Å². The molecule has 0 aliphatic heterocycles. The number of rotatable bonds is 21. The number of aromatic hydroxyl groups is 1. The molecule has 1 aromatic rings. The molecule has 0 bridgehead atoms. The highest BCUT2D eigenvalue weighted by molar-refractivity contribution is 7.80. The Morgan fingerprint density at radius 1 is 1.02 bits per heavy atom. The smallest absolute Gasteiger partial charge is 0.248 e. The Balaban J connectivity index is 3.27. The summed E-state index contributed by atoms with van der Waals surface area (Å²) in [7, 11) is -0.763. The van der Waals surface area contributed by atoms with Crippen LogP contribution in [0, 0.1) is 5.92 Å². The van der Waals surface area contributed by atoms with Crippen LogP contribution in [-0.2, 0) is 24.1 Å². The monoisotopic (exact) mass is 648 g/mol. The van der Waals surface area contributed by atoms with E-state index in [9.17, 15) is 22.9 Å². The number of phenols is 1. The third-order valence-electron chi connectivity index (χ3n) is 7.47. The van der Waals surface area contributed by atoms with Gasteiger partial charge in [0.25, 0.3) is 0 Å². The van der Waals surface area contributed by atoms with E-state index in [0.29, 0.717) is 42.7 Å². The number of carbonyl (C=O) groups is 1. The minimum atomic E-state index is -4.73. The lowest BCUT2D eigenvalue weighted by atomic mass is 10.0. The number of hydrogen-bond donors (Lipinski definition) is 1. The summed E-state index contributed by atoms with van der Waals surface area (Å²) in [4.78, 5) is 15.6. The van der Waals surface area contributed by atoms with Crippen LogP contribution in [0.25, 0.3) is 6.08 Å². The van der Waals surface area contributed by atoms with Gasteiger partial charge in [0, 0.05) is 24.0 Å². The Morgan fingerprint density at radius 2 is 1.67 bits per heavy atom. The number of carbonyl (C=O) groups excluding carboxylic acids is 1. The maximum absolute atomic E-state index is 13.9. The number of phenolic OH excluding ortho intramolecular Hbond substituents is 1. The van der Waals surface area contributed by atoms with Crippen molar-refractivity contribution in [1.29, 1.82) is 0 Å². The van der Waals surface area contributed by atoms with Gasteiger partial charge in [-0.1, -0.05) is 60.1 Å². The van der Waals surface area contributed by atoms with E-state index in [4.69, 9.17) is 4.74 Å². The van der Waals surface area contributed by atoms with Gasteiger partial charge in [0.1, 0.15) is 12.0 Å². The molecule has 0 aromatic heterocycles. The van der Waals surface area contributed by atoms with Crippen LogP contribution in [0.1, 0.15) is 79.2 Å². The average molecular weight is 649 g/mol. The second kappa shape index (κ2) is 20.4. The molecule has 0 fully saturated rings. The van der Waals surface area contributed by atoms with Crippen LogP contribution in [0.5, 0.6) is 5.75 Å². The molecule has 45 heavy (non-hydrogen) atoms. The minimum Gasteiger partial charge on any atom is -0.726 e. The molecule has 0 aliphatic rings. The predicted molar refractivity (Wildman–Crippen MR) is 181 cm³/mol. The standard InChI is InChI=1S/C35H56N2O7S/c1-28(2)14-11-16-30(5)22-27-43-35(31(6)17-12-15-29(3)4)36(34(39)21-20-32-18-9-10-19-33(32)38)23-25-37(7,8)24-13-26-44-45(40,41)42/h9-10,14-15,18-22,31,35H,11-13,16-17,23-27H2,1-8H3,(H-,38,39,40,41,42)/b30-22+. The topological polar surface area (TPSA) is 116 Å². The third kappa shape index (κ3) is 18.7. The molecule has 0 heterocycles. The number of hydrogen-bond acceptors (Lipinski definition) is 7.